The predicted octanol–water partition coefficient (Wildman–Crippen LogP) is 1.79. The molecule has 0 bridgehead atoms. The predicted molar refractivity (Wildman–Crippen MR) is 88.5 cm³/mol. The van der Waals surface area contributed by atoms with Gasteiger partial charge in [-0.05, 0) is 24.1 Å². The summed E-state index contributed by atoms with van der Waals surface area (Å²) in [6, 6.07) is 15.5. The minimum Gasteiger partial charge on any atom is -0.349 e. The van der Waals surface area contributed by atoms with E-state index >= 15 is 0 Å². The Balaban J connectivity index is 1.81. The first-order valence-electron chi connectivity index (χ1n) is 7.61. The second-order valence-electron chi connectivity index (χ2n) is 5.27. The Bertz CT molecular complexity index is 629. The Labute approximate surface area is 136 Å². The monoisotopic (exact) mass is 311 g/mol. The van der Waals surface area contributed by atoms with Gasteiger partial charge in [-0.2, -0.15) is 0 Å². The highest BCUT2D eigenvalue weighted by Crippen LogP contribution is 2.02. The zero-order valence-electron chi connectivity index (χ0n) is 13.2. The summed E-state index contributed by atoms with van der Waals surface area (Å²) in [5, 5.41) is 2.79. The van der Waals surface area contributed by atoms with Gasteiger partial charge in [0.25, 0.3) is 0 Å². The van der Waals surface area contributed by atoms with Crippen LogP contribution in [0, 0.1) is 0 Å². The van der Waals surface area contributed by atoms with Crippen molar-refractivity contribution in [3.8, 4) is 0 Å². The van der Waals surface area contributed by atoms with E-state index in [0.717, 1.165) is 17.7 Å². The second-order valence-corrected chi connectivity index (χ2v) is 5.27. The summed E-state index contributed by atoms with van der Waals surface area (Å²) in [6.07, 6.45) is 2.41. The lowest BCUT2D eigenvalue weighted by molar-refractivity contribution is -0.134. The maximum Gasteiger partial charge on any atom is 0.239 e. The molecule has 0 spiro atoms. The Morgan fingerprint density at radius 2 is 1.83 bits per heavy atom. The van der Waals surface area contributed by atoms with Gasteiger partial charge in [0.15, 0.2) is 0 Å². The van der Waals surface area contributed by atoms with Gasteiger partial charge in [-0.15, -0.1) is 0 Å². The van der Waals surface area contributed by atoms with Crippen molar-refractivity contribution in [3.05, 3.63) is 66.0 Å². The highest BCUT2D eigenvalue weighted by atomic mass is 16.2. The third kappa shape index (κ3) is 5.90. The molecule has 0 aliphatic rings. The third-order valence-corrected chi connectivity index (χ3v) is 3.49. The number of carbonyl (C=O) groups is 2. The van der Waals surface area contributed by atoms with E-state index in [0.29, 0.717) is 13.1 Å². The van der Waals surface area contributed by atoms with Gasteiger partial charge in [-0.3, -0.25) is 14.6 Å². The molecule has 2 rings (SSSR count). The fourth-order valence-electron chi connectivity index (χ4n) is 2.18. The van der Waals surface area contributed by atoms with Crippen molar-refractivity contribution in [2.24, 2.45) is 0 Å². The standard InChI is InChI=1S/C18H21N3O2/c1-15(22)21(12-10-16-7-3-2-4-8-16)14-18(23)20-13-17-9-5-6-11-19-17/h2-9,11H,10,12-14H2,1H3,(H,20,23). The van der Waals surface area contributed by atoms with Crippen LogP contribution in [0.2, 0.25) is 0 Å². The number of aromatic nitrogens is 1. The average molecular weight is 311 g/mol. The Hall–Kier alpha value is -2.69. The molecule has 23 heavy (non-hydrogen) atoms. The summed E-state index contributed by atoms with van der Waals surface area (Å²) in [6.45, 7) is 2.44. The van der Waals surface area contributed by atoms with Crippen molar-refractivity contribution in [3.63, 3.8) is 0 Å². The van der Waals surface area contributed by atoms with E-state index in [9.17, 15) is 9.59 Å². The highest BCUT2D eigenvalue weighted by Gasteiger charge is 2.13. The summed E-state index contributed by atoms with van der Waals surface area (Å²) in [4.78, 5) is 29.4. The highest BCUT2D eigenvalue weighted by molar-refractivity contribution is 5.83. The number of amides is 2. The molecule has 1 heterocycles. The number of benzene rings is 1. The molecule has 0 unspecified atom stereocenters. The van der Waals surface area contributed by atoms with E-state index in [4.69, 9.17) is 0 Å². The van der Waals surface area contributed by atoms with Crippen molar-refractivity contribution in [1.29, 1.82) is 0 Å². The minimum atomic E-state index is -0.182. The van der Waals surface area contributed by atoms with Gasteiger partial charge < -0.3 is 10.2 Å². The lowest BCUT2D eigenvalue weighted by Gasteiger charge is -2.20. The molecule has 0 fully saturated rings. The smallest absolute Gasteiger partial charge is 0.239 e. The van der Waals surface area contributed by atoms with Crippen LogP contribution >= 0.6 is 0 Å². The molecule has 1 N–H and O–H groups in total. The molecule has 1 aromatic heterocycles. The Morgan fingerprint density at radius 1 is 1.09 bits per heavy atom. The van der Waals surface area contributed by atoms with E-state index in [2.05, 4.69) is 10.3 Å². The van der Waals surface area contributed by atoms with Crippen LogP contribution in [0.4, 0.5) is 0 Å². The van der Waals surface area contributed by atoms with Gasteiger partial charge in [-0.25, -0.2) is 0 Å². The molecule has 5 heteroatoms. The van der Waals surface area contributed by atoms with E-state index in [1.54, 1.807) is 11.1 Å². The first-order valence-corrected chi connectivity index (χ1v) is 7.61. The molecular formula is C18H21N3O2. The van der Waals surface area contributed by atoms with Crippen molar-refractivity contribution in [2.45, 2.75) is 19.9 Å². The SMILES string of the molecule is CC(=O)N(CCc1ccccc1)CC(=O)NCc1ccccn1. The van der Waals surface area contributed by atoms with Crippen LogP contribution in [-0.4, -0.2) is 34.8 Å². The minimum absolute atomic E-state index is 0.0645. The molecular weight excluding hydrogens is 290 g/mol. The quantitative estimate of drug-likeness (QED) is 0.848. The number of carbonyl (C=O) groups excluding carboxylic acids is 2. The van der Waals surface area contributed by atoms with Gasteiger partial charge in [0.05, 0.1) is 18.8 Å². The molecule has 0 aliphatic heterocycles. The van der Waals surface area contributed by atoms with Gasteiger partial charge in [0.2, 0.25) is 11.8 Å². The zero-order valence-corrected chi connectivity index (χ0v) is 13.2. The van der Waals surface area contributed by atoms with Gasteiger partial charge in [0.1, 0.15) is 0 Å². The molecule has 1 aromatic carbocycles. The van der Waals surface area contributed by atoms with Crippen LogP contribution in [0.15, 0.2) is 54.7 Å². The van der Waals surface area contributed by atoms with E-state index in [1.807, 2.05) is 48.5 Å². The molecule has 0 saturated carbocycles. The normalized spacial score (nSPS) is 10.1. The second kappa shape index (κ2) is 8.68. The van der Waals surface area contributed by atoms with Crippen molar-refractivity contribution in [1.82, 2.24) is 15.2 Å². The number of nitrogens with zero attached hydrogens (tertiary/aromatic N) is 2. The lowest BCUT2D eigenvalue weighted by Crippen LogP contribution is -2.40. The van der Waals surface area contributed by atoms with E-state index < -0.39 is 0 Å². The van der Waals surface area contributed by atoms with E-state index in [1.165, 1.54) is 6.92 Å². The lowest BCUT2D eigenvalue weighted by atomic mass is 10.1. The fourth-order valence-corrected chi connectivity index (χ4v) is 2.18. The summed E-state index contributed by atoms with van der Waals surface area (Å²) in [7, 11) is 0. The van der Waals surface area contributed by atoms with Gasteiger partial charge >= 0.3 is 0 Å². The van der Waals surface area contributed by atoms with E-state index in [-0.39, 0.29) is 18.4 Å². The van der Waals surface area contributed by atoms with Gasteiger partial charge in [0, 0.05) is 19.7 Å². The Morgan fingerprint density at radius 3 is 2.48 bits per heavy atom. The number of hydrogen-bond acceptors (Lipinski definition) is 3. The number of pyridine rings is 1. The summed E-state index contributed by atoms with van der Waals surface area (Å²) >= 11 is 0. The topological polar surface area (TPSA) is 62.3 Å². The first-order chi connectivity index (χ1) is 11.1. The van der Waals surface area contributed by atoms with Crippen LogP contribution in [0.1, 0.15) is 18.2 Å². The third-order valence-electron chi connectivity index (χ3n) is 3.49. The maximum atomic E-state index is 12.0. The molecule has 5 nitrogen and oxygen atoms in total. The van der Waals surface area contributed by atoms with Crippen LogP contribution in [-0.2, 0) is 22.6 Å². The Kier molecular flexibility index (Phi) is 6.29. The van der Waals surface area contributed by atoms with Gasteiger partial charge in [-0.1, -0.05) is 36.4 Å². The number of nitrogens with one attached hydrogen (secondary N) is 1. The first kappa shape index (κ1) is 16.7. The largest absolute Gasteiger partial charge is 0.349 e. The summed E-state index contributed by atoms with van der Waals surface area (Å²) in [5.41, 5.74) is 1.94. The van der Waals surface area contributed by atoms with Crippen molar-refractivity contribution >= 4 is 11.8 Å². The van der Waals surface area contributed by atoms with Crippen LogP contribution in [0.25, 0.3) is 0 Å². The van der Waals surface area contributed by atoms with Crippen LogP contribution in [0.5, 0.6) is 0 Å². The van der Waals surface area contributed by atoms with Crippen LogP contribution < -0.4 is 5.32 Å². The molecule has 0 saturated heterocycles. The molecule has 120 valence electrons. The zero-order chi connectivity index (χ0) is 16.5. The molecule has 2 amide bonds. The van der Waals surface area contributed by atoms with Crippen LogP contribution in [0.3, 0.4) is 0 Å². The molecule has 0 atom stereocenters. The molecule has 2 aromatic rings. The van der Waals surface area contributed by atoms with Crippen molar-refractivity contribution < 1.29 is 9.59 Å². The maximum absolute atomic E-state index is 12.0. The van der Waals surface area contributed by atoms with Crippen molar-refractivity contribution in [2.75, 3.05) is 13.1 Å². The summed E-state index contributed by atoms with van der Waals surface area (Å²) in [5.74, 6) is -0.284. The summed E-state index contributed by atoms with van der Waals surface area (Å²) < 4.78 is 0. The molecule has 0 aliphatic carbocycles. The number of rotatable bonds is 7. The number of hydrogen-bond donors (Lipinski definition) is 1. The molecule has 0 radical (unpaired) electrons. The fraction of sp³-hybridized carbons (Fsp3) is 0.278. The average Bonchev–Trinajstić information content (AvgIpc) is 2.58.